The van der Waals surface area contributed by atoms with Crippen molar-refractivity contribution in [2.75, 3.05) is 12.4 Å². The Morgan fingerprint density at radius 2 is 2.18 bits per heavy atom. The van der Waals surface area contributed by atoms with E-state index in [4.69, 9.17) is 4.74 Å². The van der Waals surface area contributed by atoms with Crippen LogP contribution in [0.15, 0.2) is 21.9 Å². The summed E-state index contributed by atoms with van der Waals surface area (Å²) in [7, 11) is -1.08. The van der Waals surface area contributed by atoms with Crippen LogP contribution in [0.3, 0.4) is 0 Å². The molecule has 2 N–H and O–H groups in total. The summed E-state index contributed by atoms with van der Waals surface area (Å²) in [6.45, 7) is 6.96. The van der Waals surface area contributed by atoms with Crippen molar-refractivity contribution in [2.45, 2.75) is 49.7 Å². The first-order valence-corrected chi connectivity index (χ1v) is 12.2. The molecule has 1 aromatic heterocycles. The summed E-state index contributed by atoms with van der Waals surface area (Å²) in [6.07, 6.45) is 1.42. The maximum atomic E-state index is 11.8. The van der Waals surface area contributed by atoms with Crippen molar-refractivity contribution in [1.82, 2.24) is 9.55 Å². The Labute approximate surface area is 134 Å². The number of H-pyrrole nitrogens is 1. The van der Waals surface area contributed by atoms with Gasteiger partial charge in [0.2, 0.25) is 0 Å². The number of aliphatic hydroxyl groups is 1. The Balaban J connectivity index is 2.02. The second-order valence-electron chi connectivity index (χ2n) is 6.78. The molecule has 2 rings (SSSR count). The third-order valence-electron chi connectivity index (χ3n) is 3.71. The molecule has 1 aliphatic heterocycles. The van der Waals surface area contributed by atoms with Gasteiger partial charge < -0.3 is 9.84 Å². The van der Waals surface area contributed by atoms with Gasteiger partial charge in [0, 0.05) is 32.0 Å². The Morgan fingerprint density at radius 3 is 2.77 bits per heavy atom. The average Bonchev–Trinajstić information content (AvgIpc) is 2.80. The summed E-state index contributed by atoms with van der Waals surface area (Å²) in [6, 6.07) is 2.53. The fraction of sp³-hybridized carbons (Fsp3) is 0.714. The van der Waals surface area contributed by atoms with Crippen LogP contribution in [0.2, 0.25) is 25.7 Å². The lowest BCUT2D eigenvalue weighted by Gasteiger charge is -2.19. The molecule has 1 fully saturated rings. The Bertz CT molecular complexity index is 610. The van der Waals surface area contributed by atoms with Gasteiger partial charge in [-0.15, -0.1) is 0 Å². The van der Waals surface area contributed by atoms with Gasteiger partial charge in [0.05, 0.1) is 12.7 Å². The number of hydrogen-bond donors (Lipinski definition) is 2. The van der Waals surface area contributed by atoms with Crippen molar-refractivity contribution in [2.24, 2.45) is 0 Å². The minimum atomic E-state index is -1.08. The number of aliphatic hydroxyl groups excluding tert-OH is 1. The van der Waals surface area contributed by atoms with Crippen molar-refractivity contribution in [1.29, 1.82) is 0 Å². The highest BCUT2D eigenvalue weighted by atomic mass is 32.2. The molecule has 124 valence electrons. The Morgan fingerprint density at radius 1 is 1.45 bits per heavy atom. The van der Waals surface area contributed by atoms with Crippen LogP contribution in [0.5, 0.6) is 0 Å². The lowest BCUT2D eigenvalue weighted by atomic mass is 10.2. The molecule has 1 aliphatic rings. The molecule has 0 amide bonds. The second-order valence-corrected chi connectivity index (χ2v) is 13.8. The maximum absolute atomic E-state index is 11.8. The van der Waals surface area contributed by atoms with Crippen LogP contribution in [0.25, 0.3) is 0 Å². The molecule has 2 heterocycles. The SMILES string of the molecule is C[Si](C)(C)CCS[C@H]1C[C@H](n2ccc(=O)[nH]c2=O)O[C@@H]1CO. The summed E-state index contributed by atoms with van der Waals surface area (Å²) in [4.78, 5) is 25.2. The van der Waals surface area contributed by atoms with Crippen LogP contribution in [-0.2, 0) is 4.74 Å². The highest BCUT2D eigenvalue weighted by molar-refractivity contribution is 8.00. The molecule has 0 unspecified atom stereocenters. The van der Waals surface area contributed by atoms with E-state index >= 15 is 0 Å². The van der Waals surface area contributed by atoms with Crippen LogP contribution in [-0.4, -0.2) is 46.4 Å². The summed E-state index contributed by atoms with van der Waals surface area (Å²) in [5.74, 6) is 1.05. The molecule has 0 spiro atoms. The summed E-state index contributed by atoms with van der Waals surface area (Å²) < 4.78 is 7.19. The number of aromatic nitrogens is 2. The molecule has 0 saturated carbocycles. The van der Waals surface area contributed by atoms with Gasteiger partial charge in [0.15, 0.2) is 0 Å². The zero-order valence-corrected chi connectivity index (χ0v) is 15.1. The topological polar surface area (TPSA) is 84.3 Å². The van der Waals surface area contributed by atoms with Gasteiger partial charge in [-0.3, -0.25) is 14.3 Å². The van der Waals surface area contributed by atoms with E-state index in [0.717, 1.165) is 5.75 Å². The molecule has 0 aromatic carbocycles. The van der Waals surface area contributed by atoms with Gasteiger partial charge >= 0.3 is 5.69 Å². The molecular formula is C14H24N2O4SSi. The monoisotopic (exact) mass is 344 g/mol. The minimum Gasteiger partial charge on any atom is -0.394 e. The van der Waals surface area contributed by atoms with E-state index in [9.17, 15) is 14.7 Å². The van der Waals surface area contributed by atoms with Gasteiger partial charge in [-0.25, -0.2) is 4.79 Å². The first-order chi connectivity index (χ1) is 10.3. The first kappa shape index (κ1) is 17.5. The van der Waals surface area contributed by atoms with Crippen molar-refractivity contribution in [3.63, 3.8) is 0 Å². The molecule has 22 heavy (non-hydrogen) atoms. The van der Waals surface area contributed by atoms with E-state index in [1.807, 2.05) is 11.8 Å². The van der Waals surface area contributed by atoms with E-state index in [-0.39, 0.29) is 18.0 Å². The zero-order valence-electron chi connectivity index (χ0n) is 13.2. The number of nitrogens with one attached hydrogen (secondary N) is 1. The highest BCUT2D eigenvalue weighted by Crippen LogP contribution is 2.36. The van der Waals surface area contributed by atoms with Crippen LogP contribution in [0.1, 0.15) is 12.6 Å². The van der Waals surface area contributed by atoms with Gasteiger partial charge in [-0.05, 0) is 11.8 Å². The molecule has 0 aliphatic carbocycles. The van der Waals surface area contributed by atoms with E-state index < -0.39 is 25.6 Å². The number of thioether (sulfide) groups is 1. The standard InChI is InChI=1S/C14H24N2O4SSi/c1-22(2,3)7-6-21-11-8-13(20-10(11)9-17)16-5-4-12(18)15-14(16)19/h4-5,10-11,13,17H,6-9H2,1-3H3,(H,15,18,19)/t10-,11+,13-/m1/s1. The second kappa shape index (κ2) is 7.16. The predicted molar refractivity (Wildman–Crippen MR) is 91.3 cm³/mol. The average molecular weight is 345 g/mol. The molecular weight excluding hydrogens is 320 g/mol. The highest BCUT2D eigenvalue weighted by Gasteiger charge is 2.36. The van der Waals surface area contributed by atoms with Crippen LogP contribution < -0.4 is 11.2 Å². The maximum Gasteiger partial charge on any atom is 0.330 e. The molecule has 3 atom stereocenters. The number of nitrogens with zero attached hydrogens (tertiary/aromatic N) is 1. The van der Waals surface area contributed by atoms with E-state index in [1.54, 1.807) is 0 Å². The number of aromatic amines is 1. The fourth-order valence-corrected chi connectivity index (χ4v) is 6.27. The largest absolute Gasteiger partial charge is 0.394 e. The van der Waals surface area contributed by atoms with Crippen molar-refractivity contribution < 1.29 is 9.84 Å². The minimum absolute atomic E-state index is 0.0563. The van der Waals surface area contributed by atoms with Crippen LogP contribution >= 0.6 is 11.8 Å². The quantitative estimate of drug-likeness (QED) is 0.759. The van der Waals surface area contributed by atoms with Crippen LogP contribution in [0.4, 0.5) is 0 Å². The fourth-order valence-electron chi connectivity index (χ4n) is 2.38. The summed E-state index contributed by atoms with van der Waals surface area (Å²) in [5, 5.41) is 9.67. The first-order valence-electron chi connectivity index (χ1n) is 7.49. The predicted octanol–water partition coefficient (Wildman–Crippen LogP) is 1.26. The molecule has 0 radical (unpaired) electrons. The van der Waals surface area contributed by atoms with Gasteiger partial charge in [0.1, 0.15) is 6.23 Å². The normalized spacial score (nSPS) is 25.5. The molecule has 1 saturated heterocycles. The lowest BCUT2D eigenvalue weighted by Crippen LogP contribution is -2.31. The number of rotatable bonds is 6. The van der Waals surface area contributed by atoms with Gasteiger partial charge in [0.25, 0.3) is 5.56 Å². The van der Waals surface area contributed by atoms with E-state index in [1.165, 1.54) is 22.9 Å². The summed E-state index contributed by atoms with van der Waals surface area (Å²) >= 11 is 1.81. The smallest absolute Gasteiger partial charge is 0.330 e. The summed E-state index contributed by atoms with van der Waals surface area (Å²) in [5.41, 5.74) is -0.888. The lowest BCUT2D eigenvalue weighted by molar-refractivity contribution is -0.0237. The van der Waals surface area contributed by atoms with Crippen molar-refractivity contribution >= 4 is 19.8 Å². The van der Waals surface area contributed by atoms with Crippen LogP contribution in [0, 0.1) is 0 Å². The van der Waals surface area contributed by atoms with E-state index in [0.29, 0.717) is 6.42 Å². The Kier molecular flexibility index (Phi) is 5.70. The molecule has 0 bridgehead atoms. The molecule has 1 aromatic rings. The number of ether oxygens (including phenoxy) is 1. The van der Waals surface area contributed by atoms with Crippen molar-refractivity contribution in [3.05, 3.63) is 33.1 Å². The zero-order chi connectivity index (χ0) is 16.3. The van der Waals surface area contributed by atoms with Gasteiger partial charge in [-0.1, -0.05) is 19.6 Å². The third kappa shape index (κ3) is 4.58. The number of hydrogen-bond acceptors (Lipinski definition) is 5. The third-order valence-corrected chi connectivity index (χ3v) is 7.18. The molecule has 8 heteroatoms. The Hall–Kier alpha value is -0.833. The molecule has 6 nitrogen and oxygen atoms in total. The van der Waals surface area contributed by atoms with E-state index in [2.05, 4.69) is 24.6 Å². The van der Waals surface area contributed by atoms with Gasteiger partial charge in [-0.2, -0.15) is 11.8 Å². The van der Waals surface area contributed by atoms with Crippen molar-refractivity contribution in [3.8, 4) is 0 Å².